The Morgan fingerprint density at radius 2 is 1.94 bits per heavy atom. The van der Waals surface area contributed by atoms with Crippen molar-refractivity contribution in [1.29, 1.82) is 0 Å². The summed E-state index contributed by atoms with van der Waals surface area (Å²) in [5.74, 6) is 0.658. The summed E-state index contributed by atoms with van der Waals surface area (Å²) in [6, 6.07) is 13.5. The molecular formula is C24H21ClN6O5. The van der Waals surface area contributed by atoms with Crippen molar-refractivity contribution in [2.24, 2.45) is 0 Å². The third kappa shape index (κ3) is 6.13. The van der Waals surface area contributed by atoms with Crippen molar-refractivity contribution in [3.8, 4) is 11.5 Å². The van der Waals surface area contributed by atoms with E-state index >= 15 is 0 Å². The maximum Gasteiger partial charge on any atom is 0.311 e. The number of hydrogen-bond acceptors (Lipinski definition) is 9. The Labute approximate surface area is 210 Å². The molecule has 0 saturated heterocycles. The molecule has 0 aliphatic carbocycles. The number of pyridine rings is 1. The summed E-state index contributed by atoms with van der Waals surface area (Å²) in [7, 11) is 0. The number of halogens is 1. The van der Waals surface area contributed by atoms with Gasteiger partial charge in [0.05, 0.1) is 33.1 Å². The van der Waals surface area contributed by atoms with E-state index in [-0.39, 0.29) is 37.1 Å². The van der Waals surface area contributed by atoms with E-state index in [1.165, 1.54) is 25.4 Å². The van der Waals surface area contributed by atoms with Gasteiger partial charge >= 0.3 is 5.69 Å². The maximum atomic E-state index is 11.7. The normalized spacial score (nSPS) is 10.6. The van der Waals surface area contributed by atoms with E-state index in [0.717, 1.165) is 5.69 Å². The standard InChI is InChI=1S/C24H21ClN6O5/c1-15(32)26-8-9-35-23-12-20-18(11-21(23)31(33)34)24(29-14-28-20)30-16-5-6-22(19(25)10-16)36-13-17-4-2-3-7-27-17/h2-7,10-12,14H,8-9,13H2,1H3,(H,26,32)(H,28,29,30). The van der Waals surface area contributed by atoms with E-state index in [0.29, 0.717) is 33.2 Å². The molecule has 184 valence electrons. The number of anilines is 2. The van der Waals surface area contributed by atoms with E-state index in [2.05, 4.69) is 25.6 Å². The summed E-state index contributed by atoms with van der Waals surface area (Å²) >= 11 is 6.40. The molecule has 12 heteroatoms. The van der Waals surface area contributed by atoms with Gasteiger partial charge < -0.3 is 20.1 Å². The molecule has 0 aliphatic heterocycles. The minimum atomic E-state index is -0.547. The van der Waals surface area contributed by atoms with E-state index < -0.39 is 4.92 Å². The highest BCUT2D eigenvalue weighted by Gasteiger charge is 2.19. The highest BCUT2D eigenvalue weighted by molar-refractivity contribution is 6.32. The lowest BCUT2D eigenvalue weighted by Crippen LogP contribution is -2.25. The summed E-state index contributed by atoms with van der Waals surface area (Å²) in [5, 5.41) is 18.2. The predicted octanol–water partition coefficient (Wildman–Crippen LogP) is 4.42. The van der Waals surface area contributed by atoms with E-state index in [4.69, 9.17) is 21.1 Å². The van der Waals surface area contributed by atoms with Crippen LogP contribution in [0.1, 0.15) is 12.6 Å². The third-order valence-electron chi connectivity index (χ3n) is 4.94. The molecule has 0 aliphatic rings. The largest absolute Gasteiger partial charge is 0.486 e. The lowest BCUT2D eigenvalue weighted by molar-refractivity contribution is -0.385. The smallest absolute Gasteiger partial charge is 0.311 e. The lowest BCUT2D eigenvalue weighted by Gasteiger charge is -2.12. The van der Waals surface area contributed by atoms with Crippen LogP contribution < -0.4 is 20.1 Å². The predicted molar refractivity (Wildman–Crippen MR) is 134 cm³/mol. The highest BCUT2D eigenvalue weighted by atomic mass is 35.5. The molecular weight excluding hydrogens is 488 g/mol. The first kappa shape index (κ1) is 24.6. The zero-order valence-electron chi connectivity index (χ0n) is 19.1. The number of hydrogen-bond donors (Lipinski definition) is 2. The summed E-state index contributed by atoms with van der Waals surface area (Å²) < 4.78 is 11.3. The Morgan fingerprint density at radius 3 is 2.67 bits per heavy atom. The number of carbonyl (C=O) groups excluding carboxylic acids is 1. The number of nitro groups is 1. The zero-order chi connectivity index (χ0) is 25.5. The van der Waals surface area contributed by atoms with Crippen LogP contribution in [-0.2, 0) is 11.4 Å². The molecule has 0 atom stereocenters. The van der Waals surface area contributed by atoms with Crippen LogP contribution in [0.2, 0.25) is 5.02 Å². The number of amides is 1. The van der Waals surface area contributed by atoms with Gasteiger partial charge in [-0.15, -0.1) is 0 Å². The minimum absolute atomic E-state index is 0.0416. The second kappa shape index (κ2) is 11.3. The van der Waals surface area contributed by atoms with E-state index in [1.54, 1.807) is 24.4 Å². The average Bonchev–Trinajstić information content (AvgIpc) is 2.86. The maximum absolute atomic E-state index is 11.7. The second-order valence-electron chi connectivity index (χ2n) is 7.53. The first-order valence-electron chi connectivity index (χ1n) is 10.8. The molecule has 2 aromatic heterocycles. The number of carbonyl (C=O) groups is 1. The fraction of sp³-hybridized carbons (Fsp3) is 0.167. The SMILES string of the molecule is CC(=O)NCCOc1cc2ncnc(Nc3ccc(OCc4ccccn4)c(Cl)c3)c2cc1[N+](=O)[O-]. The molecule has 0 bridgehead atoms. The van der Waals surface area contributed by atoms with Gasteiger partial charge in [0.1, 0.15) is 31.1 Å². The fourth-order valence-electron chi connectivity index (χ4n) is 3.29. The average molecular weight is 509 g/mol. The van der Waals surface area contributed by atoms with Gasteiger partial charge in [-0.2, -0.15) is 0 Å². The van der Waals surface area contributed by atoms with Crippen molar-refractivity contribution in [1.82, 2.24) is 20.3 Å². The van der Waals surface area contributed by atoms with Gasteiger partial charge in [0, 0.05) is 30.9 Å². The first-order valence-corrected chi connectivity index (χ1v) is 11.2. The van der Waals surface area contributed by atoms with Gasteiger partial charge in [0.15, 0.2) is 5.75 Å². The van der Waals surface area contributed by atoms with Crippen LogP contribution in [0, 0.1) is 10.1 Å². The van der Waals surface area contributed by atoms with E-state index in [9.17, 15) is 14.9 Å². The molecule has 2 aromatic carbocycles. The van der Waals surface area contributed by atoms with Crippen LogP contribution >= 0.6 is 11.6 Å². The molecule has 0 unspecified atom stereocenters. The van der Waals surface area contributed by atoms with Crippen molar-refractivity contribution >= 4 is 45.6 Å². The van der Waals surface area contributed by atoms with Crippen molar-refractivity contribution in [3.63, 3.8) is 0 Å². The summed E-state index contributed by atoms with van der Waals surface area (Å²) in [6.07, 6.45) is 3.02. The molecule has 11 nitrogen and oxygen atoms in total. The molecule has 2 heterocycles. The summed E-state index contributed by atoms with van der Waals surface area (Å²) in [5.41, 5.74) is 1.56. The molecule has 0 spiro atoms. The van der Waals surface area contributed by atoms with Crippen LogP contribution in [0.15, 0.2) is 61.1 Å². The number of aromatic nitrogens is 3. The summed E-state index contributed by atoms with van der Waals surface area (Å²) in [4.78, 5) is 34.8. The number of ether oxygens (including phenoxy) is 2. The van der Waals surface area contributed by atoms with Crippen LogP contribution in [-0.4, -0.2) is 38.9 Å². The van der Waals surface area contributed by atoms with E-state index in [1.807, 2.05) is 18.2 Å². The van der Waals surface area contributed by atoms with Crippen molar-refractivity contribution < 1.29 is 19.2 Å². The second-order valence-corrected chi connectivity index (χ2v) is 7.94. The molecule has 4 rings (SSSR count). The fourth-order valence-corrected chi connectivity index (χ4v) is 3.52. The molecule has 2 N–H and O–H groups in total. The van der Waals surface area contributed by atoms with Crippen LogP contribution in [0.3, 0.4) is 0 Å². The van der Waals surface area contributed by atoms with Gasteiger partial charge in [0.25, 0.3) is 0 Å². The Balaban J connectivity index is 1.54. The van der Waals surface area contributed by atoms with Gasteiger partial charge in [-0.05, 0) is 30.3 Å². The molecule has 0 fully saturated rings. The topological polar surface area (TPSA) is 141 Å². The highest BCUT2D eigenvalue weighted by Crippen LogP contribution is 2.35. The van der Waals surface area contributed by atoms with Gasteiger partial charge in [-0.25, -0.2) is 9.97 Å². The molecule has 0 saturated carbocycles. The lowest BCUT2D eigenvalue weighted by atomic mass is 10.2. The molecule has 1 amide bonds. The Bertz CT molecular complexity index is 1400. The number of fused-ring (bicyclic) bond motifs is 1. The zero-order valence-corrected chi connectivity index (χ0v) is 19.9. The Hall–Kier alpha value is -4.51. The minimum Gasteiger partial charge on any atom is -0.486 e. The first-order chi connectivity index (χ1) is 17.4. The van der Waals surface area contributed by atoms with Crippen molar-refractivity contribution in [2.75, 3.05) is 18.5 Å². The van der Waals surface area contributed by atoms with Gasteiger partial charge in [-0.3, -0.25) is 19.9 Å². The molecule has 0 radical (unpaired) electrons. The van der Waals surface area contributed by atoms with Gasteiger partial charge in [0.2, 0.25) is 5.91 Å². The number of nitro benzene ring substituents is 1. The molecule has 4 aromatic rings. The van der Waals surface area contributed by atoms with Crippen LogP contribution in [0.5, 0.6) is 11.5 Å². The third-order valence-corrected chi connectivity index (χ3v) is 5.24. The van der Waals surface area contributed by atoms with Crippen LogP contribution in [0.25, 0.3) is 10.9 Å². The number of rotatable bonds is 10. The van der Waals surface area contributed by atoms with Crippen molar-refractivity contribution in [3.05, 3.63) is 81.9 Å². The monoisotopic (exact) mass is 508 g/mol. The number of nitrogens with zero attached hydrogens (tertiary/aromatic N) is 4. The Morgan fingerprint density at radius 1 is 1.08 bits per heavy atom. The van der Waals surface area contributed by atoms with Gasteiger partial charge in [-0.1, -0.05) is 17.7 Å². The van der Waals surface area contributed by atoms with Crippen LogP contribution in [0.4, 0.5) is 17.2 Å². The summed E-state index contributed by atoms with van der Waals surface area (Å²) in [6.45, 7) is 1.92. The quantitative estimate of drug-likeness (QED) is 0.181. The number of nitrogens with one attached hydrogen (secondary N) is 2. The number of benzene rings is 2. The Kier molecular flexibility index (Phi) is 7.71. The molecule has 36 heavy (non-hydrogen) atoms. The van der Waals surface area contributed by atoms with Crippen molar-refractivity contribution in [2.45, 2.75) is 13.5 Å².